The second kappa shape index (κ2) is 8.54. The van der Waals surface area contributed by atoms with Crippen LogP contribution in [0.25, 0.3) is 0 Å². The van der Waals surface area contributed by atoms with Crippen LogP contribution in [0.2, 0.25) is 0 Å². The number of hydrogen-bond donors (Lipinski definition) is 0. The number of halogens is 1. The standard InChI is InChI=1S/C12H24BrNO/c1-2-9-15-10-8-14-7-5-3-4-6-12(14)11-13/h12H,2-11H2,1H3. The van der Waals surface area contributed by atoms with Gasteiger partial charge in [-0.1, -0.05) is 35.7 Å². The topological polar surface area (TPSA) is 12.5 Å². The van der Waals surface area contributed by atoms with Gasteiger partial charge in [0, 0.05) is 24.5 Å². The molecule has 0 N–H and O–H groups in total. The highest BCUT2D eigenvalue weighted by Crippen LogP contribution is 2.17. The lowest BCUT2D eigenvalue weighted by molar-refractivity contribution is 0.0922. The SMILES string of the molecule is CCCOCCN1CCCCCC1CBr. The number of rotatable bonds is 6. The third kappa shape index (κ3) is 5.32. The second-order valence-corrected chi connectivity index (χ2v) is 4.95. The Labute approximate surface area is 102 Å². The Morgan fingerprint density at radius 2 is 2.13 bits per heavy atom. The van der Waals surface area contributed by atoms with Gasteiger partial charge in [-0.05, 0) is 25.8 Å². The van der Waals surface area contributed by atoms with Crippen molar-refractivity contribution < 1.29 is 4.74 Å². The van der Waals surface area contributed by atoms with Gasteiger partial charge in [0.15, 0.2) is 0 Å². The van der Waals surface area contributed by atoms with Gasteiger partial charge in [-0.3, -0.25) is 4.90 Å². The van der Waals surface area contributed by atoms with E-state index in [9.17, 15) is 0 Å². The minimum Gasteiger partial charge on any atom is -0.380 e. The quantitative estimate of drug-likeness (QED) is 0.547. The van der Waals surface area contributed by atoms with Gasteiger partial charge in [0.2, 0.25) is 0 Å². The molecule has 3 heteroatoms. The first-order valence-electron chi connectivity index (χ1n) is 6.26. The molecule has 1 atom stereocenters. The highest BCUT2D eigenvalue weighted by atomic mass is 79.9. The molecule has 1 rings (SSSR count). The molecule has 1 unspecified atom stereocenters. The molecule has 1 heterocycles. The van der Waals surface area contributed by atoms with Crippen molar-refractivity contribution in [2.45, 2.75) is 45.1 Å². The van der Waals surface area contributed by atoms with Crippen molar-refractivity contribution in [1.82, 2.24) is 4.90 Å². The van der Waals surface area contributed by atoms with E-state index in [4.69, 9.17) is 4.74 Å². The van der Waals surface area contributed by atoms with E-state index < -0.39 is 0 Å². The summed E-state index contributed by atoms with van der Waals surface area (Å²) in [6.07, 6.45) is 6.62. The van der Waals surface area contributed by atoms with Gasteiger partial charge in [0.1, 0.15) is 0 Å². The minimum atomic E-state index is 0.734. The Hall–Kier alpha value is 0.400. The Morgan fingerprint density at radius 3 is 2.87 bits per heavy atom. The Morgan fingerprint density at radius 1 is 1.27 bits per heavy atom. The van der Waals surface area contributed by atoms with E-state index in [0.717, 1.165) is 37.6 Å². The summed E-state index contributed by atoms with van der Waals surface area (Å²) >= 11 is 3.63. The van der Waals surface area contributed by atoms with Gasteiger partial charge in [-0.2, -0.15) is 0 Å². The first-order chi connectivity index (χ1) is 7.38. The fraction of sp³-hybridized carbons (Fsp3) is 1.00. The van der Waals surface area contributed by atoms with Crippen molar-refractivity contribution in [3.8, 4) is 0 Å². The zero-order valence-electron chi connectivity index (χ0n) is 9.88. The van der Waals surface area contributed by atoms with Gasteiger partial charge in [-0.15, -0.1) is 0 Å². The van der Waals surface area contributed by atoms with Crippen molar-refractivity contribution in [3.05, 3.63) is 0 Å². The van der Waals surface area contributed by atoms with Gasteiger partial charge in [0.25, 0.3) is 0 Å². The molecule has 1 saturated heterocycles. The second-order valence-electron chi connectivity index (χ2n) is 4.31. The highest BCUT2D eigenvalue weighted by Gasteiger charge is 2.19. The molecule has 0 saturated carbocycles. The number of ether oxygens (including phenoxy) is 1. The highest BCUT2D eigenvalue weighted by molar-refractivity contribution is 9.09. The lowest BCUT2D eigenvalue weighted by atomic mass is 10.1. The summed E-state index contributed by atoms with van der Waals surface area (Å²) in [5.41, 5.74) is 0. The first-order valence-corrected chi connectivity index (χ1v) is 7.38. The van der Waals surface area contributed by atoms with Crippen molar-refractivity contribution in [2.24, 2.45) is 0 Å². The van der Waals surface area contributed by atoms with Crippen molar-refractivity contribution >= 4 is 15.9 Å². The number of nitrogens with zero attached hydrogens (tertiary/aromatic N) is 1. The summed E-state index contributed by atoms with van der Waals surface area (Å²) in [5.74, 6) is 0. The molecule has 0 amide bonds. The molecule has 0 bridgehead atoms. The lowest BCUT2D eigenvalue weighted by Gasteiger charge is -2.28. The predicted octanol–water partition coefficient (Wildman–Crippen LogP) is 3.05. The zero-order valence-corrected chi connectivity index (χ0v) is 11.5. The van der Waals surface area contributed by atoms with Gasteiger partial charge in [-0.25, -0.2) is 0 Å². The smallest absolute Gasteiger partial charge is 0.0593 e. The molecule has 0 radical (unpaired) electrons. The molecule has 1 fully saturated rings. The molecule has 0 aromatic rings. The summed E-state index contributed by atoms with van der Waals surface area (Å²) in [4.78, 5) is 2.59. The van der Waals surface area contributed by atoms with Crippen LogP contribution in [0.3, 0.4) is 0 Å². The van der Waals surface area contributed by atoms with E-state index in [1.54, 1.807) is 0 Å². The molecule has 1 aliphatic rings. The van der Waals surface area contributed by atoms with Crippen LogP contribution >= 0.6 is 15.9 Å². The van der Waals surface area contributed by atoms with E-state index >= 15 is 0 Å². The van der Waals surface area contributed by atoms with Crippen LogP contribution in [-0.4, -0.2) is 42.6 Å². The monoisotopic (exact) mass is 277 g/mol. The summed E-state index contributed by atoms with van der Waals surface area (Å²) in [6.45, 7) is 6.33. The third-order valence-electron chi connectivity index (χ3n) is 3.05. The first kappa shape index (κ1) is 13.5. The van der Waals surface area contributed by atoms with Gasteiger partial charge >= 0.3 is 0 Å². The Balaban J connectivity index is 2.22. The summed E-state index contributed by atoms with van der Waals surface area (Å²) < 4.78 is 5.56. The molecule has 2 nitrogen and oxygen atoms in total. The van der Waals surface area contributed by atoms with Gasteiger partial charge < -0.3 is 4.74 Å². The minimum absolute atomic E-state index is 0.734. The average molecular weight is 278 g/mol. The molecule has 1 aliphatic heterocycles. The lowest BCUT2D eigenvalue weighted by Crippen LogP contribution is -2.38. The van der Waals surface area contributed by atoms with Crippen LogP contribution < -0.4 is 0 Å². The van der Waals surface area contributed by atoms with Crippen molar-refractivity contribution in [2.75, 3.05) is 31.6 Å². The zero-order chi connectivity index (χ0) is 10.9. The van der Waals surface area contributed by atoms with Crippen LogP contribution in [0, 0.1) is 0 Å². The van der Waals surface area contributed by atoms with Crippen LogP contribution in [0.4, 0.5) is 0 Å². The summed E-state index contributed by atoms with van der Waals surface area (Å²) in [6, 6.07) is 0.734. The van der Waals surface area contributed by atoms with Crippen LogP contribution in [0.15, 0.2) is 0 Å². The number of hydrogen-bond acceptors (Lipinski definition) is 2. The molecule has 0 aromatic heterocycles. The van der Waals surface area contributed by atoms with E-state index in [1.165, 1.54) is 32.2 Å². The molecule has 0 spiro atoms. The maximum absolute atomic E-state index is 5.56. The largest absolute Gasteiger partial charge is 0.380 e. The third-order valence-corrected chi connectivity index (χ3v) is 3.80. The fourth-order valence-corrected chi connectivity index (χ4v) is 2.87. The maximum Gasteiger partial charge on any atom is 0.0593 e. The van der Waals surface area contributed by atoms with Crippen LogP contribution in [-0.2, 0) is 4.74 Å². The average Bonchev–Trinajstić information content (AvgIpc) is 2.49. The van der Waals surface area contributed by atoms with E-state index in [2.05, 4.69) is 27.8 Å². The molecular formula is C12H24BrNO. The summed E-state index contributed by atoms with van der Waals surface area (Å²) in [5, 5.41) is 1.11. The van der Waals surface area contributed by atoms with E-state index in [-0.39, 0.29) is 0 Å². The van der Waals surface area contributed by atoms with Crippen LogP contribution in [0.1, 0.15) is 39.0 Å². The number of alkyl halides is 1. The van der Waals surface area contributed by atoms with Gasteiger partial charge in [0.05, 0.1) is 6.61 Å². The van der Waals surface area contributed by atoms with Crippen molar-refractivity contribution in [1.29, 1.82) is 0 Å². The van der Waals surface area contributed by atoms with Crippen LogP contribution in [0.5, 0.6) is 0 Å². The Bertz CT molecular complexity index is 155. The molecule has 0 aliphatic carbocycles. The number of likely N-dealkylation sites (tertiary alicyclic amines) is 1. The molecular weight excluding hydrogens is 254 g/mol. The van der Waals surface area contributed by atoms with E-state index in [1.807, 2.05) is 0 Å². The predicted molar refractivity (Wildman–Crippen MR) is 68.7 cm³/mol. The molecule has 90 valence electrons. The Kier molecular flexibility index (Phi) is 7.67. The summed E-state index contributed by atoms with van der Waals surface area (Å²) in [7, 11) is 0. The van der Waals surface area contributed by atoms with Crippen molar-refractivity contribution in [3.63, 3.8) is 0 Å². The maximum atomic E-state index is 5.56. The van der Waals surface area contributed by atoms with E-state index in [0.29, 0.717) is 0 Å². The fourth-order valence-electron chi connectivity index (χ4n) is 2.13. The molecule has 0 aromatic carbocycles. The normalized spacial score (nSPS) is 24.0. The molecule has 15 heavy (non-hydrogen) atoms.